The molecule has 6 rings (SSSR count). The lowest BCUT2D eigenvalue weighted by Gasteiger charge is -2.24. The Morgan fingerprint density at radius 2 is 1.85 bits per heavy atom. The van der Waals surface area contributed by atoms with Crippen LogP contribution in [0.3, 0.4) is 0 Å². The number of H-pyrrole nitrogens is 1. The number of aromatic amines is 1. The lowest BCUT2D eigenvalue weighted by atomic mass is 9.99. The van der Waals surface area contributed by atoms with Crippen LogP contribution in [0.15, 0.2) is 64.8 Å². The summed E-state index contributed by atoms with van der Waals surface area (Å²) in [5, 5.41) is 13.9. The minimum absolute atomic E-state index is 0.130. The maximum absolute atomic E-state index is 13.5. The van der Waals surface area contributed by atoms with Gasteiger partial charge in [0.1, 0.15) is 5.82 Å². The third-order valence-corrected chi connectivity index (χ3v) is 9.55. The van der Waals surface area contributed by atoms with Gasteiger partial charge in [0.05, 0.1) is 23.2 Å². The van der Waals surface area contributed by atoms with E-state index in [4.69, 9.17) is 16.6 Å². The SMILES string of the molecule is CC(C)c1csc(C2(c3nc4c(c(=O)[nH]3)CN(C(=O)C(O)c3cccc(-c5cccc(Cl)c5)c3)CCC4)CC2)c1. The Labute approximate surface area is 242 Å². The molecule has 6 nitrogen and oxygen atoms in total. The molecule has 2 N–H and O–H groups in total. The summed E-state index contributed by atoms with van der Waals surface area (Å²) in [5.41, 5.74) is 4.46. The number of aliphatic hydroxyl groups excluding tert-OH is 1. The first-order chi connectivity index (χ1) is 19.2. The minimum Gasteiger partial charge on any atom is -0.378 e. The molecule has 206 valence electrons. The van der Waals surface area contributed by atoms with Crippen LogP contribution >= 0.6 is 22.9 Å². The standard InChI is InChI=1S/C32H32ClN3O3S/c1-19(2)23-16-27(40-18-23)32(11-12-32)31-34-26-10-5-13-36(17-25(26)29(38)35-31)30(39)28(37)22-8-3-6-20(14-22)21-7-4-9-24(33)15-21/h3-4,6-9,14-16,18-19,28,37H,5,10-13,17H2,1-2H3,(H,34,35,38). The Balaban J connectivity index is 1.24. The smallest absolute Gasteiger partial charge is 0.256 e. The van der Waals surface area contributed by atoms with Gasteiger partial charge in [-0.15, -0.1) is 11.3 Å². The Morgan fingerprint density at radius 1 is 1.10 bits per heavy atom. The monoisotopic (exact) mass is 573 g/mol. The molecule has 1 atom stereocenters. The molecular formula is C32H32ClN3O3S. The van der Waals surface area contributed by atoms with Crippen molar-refractivity contribution < 1.29 is 9.90 Å². The molecule has 2 aromatic carbocycles. The van der Waals surface area contributed by atoms with Gasteiger partial charge < -0.3 is 15.0 Å². The van der Waals surface area contributed by atoms with E-state index in [1.807, 2.05) is 36.4 Å². The second-order valence-corrected chi connectivity index (χ2v) is 12.6. The van der Waals surface area contributed by atoms with Crippen molar-refractivity contribution >= 4 is 28.8 Å². The molecule has 1 amide bonds. The van der Waals surface area contributed by atoms with Crippen molar-refractivity contribution in [2.24, 2.45) is 0 Å². The molecule has 0 bridgehead atoms. The molecule has 1 unspecified atom stereocenters. The van der Waals surface area contributed by atoms with Crippen molar-refractivity contribution in [1.29, 1.82) is 0 Å². The number of hydrogen-bond donors (Lipinski definition) is 2. The second-order valence-electron chi connectivity index (χ2n) is 11.2. The van der Waals surface area contributed by atoms with Gasteiger partial charge >= 0.3 is 0 Å². The Bertz CT molecular complexity index is 1640. The molecule has 1 fully saturated rings. The van der Waals surface area contributed by atoms with Crippen molar-refractivity contribution in [1.82, 2.24) is 14.9 Å². The maximum atomic E-state index is 13.5. The zero-order chi connectivity index (χ0) is 28.0. The highest BCUT2D eigenvalue weighted by atomic mass is 35.5. The number of hydrogen-bond acceptors (Lipinski definition) is 5. The number of carbonyl (C=O) groups is 1. The van der Waals surface area contributed by atoms with E-state index in [2.05, 4.69) is 30.3 Å². The summed E-state index contributed by atoms with van der Waals surface area (Å²) in [5.74, 6) is 0.780. The van der Waals surface area contributed by atoms with Crippen LogP contribution in [-0.2, 0) is 23.2 Å². The van der Waals surface area contributed by atoms with Crippen LogP contribution in [0.5, 0.6) is 0 Å². The quantitative estimate of drug-likeness (QED) is 0.281. The van der Waals surface area contributed by atoms with E-state index in [0.717, 1.165) is 35.5 Å². The first-order valence-corrected chi connectivity index (χ1v) is 15.0. The van der Waals surface area contributed by atoms with Crippen molar-refractivity contribution in [3.05, 3.63) is 108 Å². The summed E-state index contributed by atoms with van der Waals surface area (Å²) in [7, 11) is 0. The molecule has 3 heterocycles. The molecule has 0 radical (unpaired) electrons. The van der Waals surface area contributed by atoms with Crippen LogP contribution < -0.4 is 5.56 Å². The summed E-state index contributed by atoms with van der Waals surface area (Å²) in [6, 6.07) is 17.0. The molecule has 0 saturated heterocycles. The molecule has 1 saturated carbocycles. The van der Waals surface area contributed by atoms with E-state index in [1.165, 1.54) is 10.4 Å². The second kappa shape index (κ2) is 10.6. The number of aromatic nitrogens is 2. The number of amides is 1. The Morgan fingerprint density at radius 3 is 2.55 bits per heavy atom. The molecule has 1 aliphatic carbocycles. The van der Waals surface area contributed by atoms with E-state index in [0.29, 0.717) is 41.5 Å². The number of benzene rings is 2. The van der Waals surface area contributed by atoms with Gasteiger partial charge in [-0.05, 0) is 83.5 Å². The topological polar surface area (TPSA) is 86.3 Å². The van der Waals surface area contributed by atoms with E-state index >= 15 is 0 Å². The molecular weight excluding hydrogens is 542 g/mol. The van der Waals surface area contributed by atoms with Gasteiger partial charge in [-0.3, -0.25) is 9.59 Å². The zero-order valence-electron chi connectivity index (χ0n) is 22.6. The Kier molecular flexibility index (Phi) is 7.15. The van der Waals surface area contributed by atoms with Crippen LogP contribution in [-0.4, -0.2) is 32.4 Å². The van der Waals surface area contributed by atoms with Crippen LogP contribution in [0.25, 0.3) is 11.1 Å². The number of fused-ring (bicyclic) bond motifs is 1. The minimum atomic E-state index is -1.34. The van der Waals surface area contributed by atoms with Gasteiger partial charge in [0, 0.05) is 16.4 Å². The number of carbonyl (C=O) groups excluding carboxylic acids is 1. The summed E-state index contributed by atoms with van der Waals surface area (Å²) < 4.78 is 0. The van der Waals surface area contributed by atoms with Crippen molar-refractivity contribution in [3.8, 4) is 11.1 Å². The number of aryl methyl sites for hydroxylation is 1. The summed E-state index contributed by atoms with van der Waals surface area (Å²) in [6.45, 7) is 4.95. The van der Waals surface area contributed by atoms with Crippen LogP contribution in [0.2, 0.25) is 5.02 Å². The molecule has 4 aromatic rings. The third-order valence-electron chi connectivity index (χ3n) is 8.16. The van der Waals surface area contributed by atoms with E-state index in [-0.39, 0.29) is 17.5 Å². The average Bonchev–Trinajstić information content (AvgIpc) is 3.66. The summed E-state index contributed by atoms with van der Waals surface area (Å²) in [4.78, 5) is 37.8. The van der Waals surface area contributed by atoms with Crippen molar-refractivity contribution in [3.63, 3.8) is 0 Å². The first-order valence-electron chi connectivity index (χ1n) is 13.8. The van der Waals surface area contributed by atoms with Gasteiger partial charge in [0.25, 0.3) is 11.5 Å². The van der Waals surface area contributed by atoms with Gasteiger partial charge in [-0.1, -0.05) is 55.8 Å². The summed E-state index contributed by atoms with van der Waals surface area (Å²) in [6.07, 6.45) is 1.90. The van der Waals surface area contributed by atoms with Crippen molar-refractivity contribution in [2.75, 3.05) is 6.54 Å². The van der Waals surface area contributed by atoms with E-state index in [1.54, 1.807) is 28.4 Å². The fourth-order valence-electron chi connectivity index (χ4n) is 5.54. The number of nitrogens with one attached hydrogen (secondary N) is 1. The predicted octanol–water partition coefficient (Wildman–Crippen LogP) is 6.36. The van der Waals surface area contributed by atoms with Gasteiger partial charge in [-0.2, -0.15) is 0 Å². The molecule has 1 aliphatic heterocycles. The normalized spacial score (nSPS) is 16.9. The largest absolute Gasteiger partial charge is 0.378 e. The van der Waals surface area contributed by atoms with E-state index < -0.39 is 12.0 Å². The Hall–Kier alpha value is -3.26. The third kappa shape index (κ3) is 5.02. The zero-order valence-corrected chi connectivity index (χ0v) is 24.2. The molecule has 40 heavy (non-hydrogen) atoms. The molecule has 0 spiro atoms. The number of rotatable bonds is 6. The van der Waals surface area contributed by atoms with E-state index in [9.17, 15) is 14.7 Å². The molecule has 2 aromatic heterocycles. The number of nitrogens with zero attached hydrogens (tertiary/aromatic N) is 2. The highest BCUT2D eigenvalue weighted by Crippen LogP contribution is 2.54. The lowest BCUT2D eigenvalue weighted by Crippen LogP contribution is -2.36. The maximum Gasteiger partial charge on any atom is 0.256 e. The lowest BCUT2D eigenvalue weighted by molar-refractivity contribution is -0.141. The average molecular weight is 574 g/mol. The highest BCUT2D eigenvalue weighted by molar-refractivity contribution is 7.10. The summed E-state index contributed by atoms with van der Waals surface area (Å²) >= 11 is 7.90. The van der Waals surface area contributed by atoms with Crippen LogP contribution in [0.1, 0.15) is 78.2 Å². The van der Waals surface area contributed by atoms with Gasteiger partial charge in [0.15, 0.2) is 6.10 Å². The van der Waals surface area contributed by atoms with Gasteiger partial charge in [-0.25, -0.2) is 4.98 Å². The first kappa shape index (κ1) is 26.9. The van der Waals surface area contributed by atoms with Crippen molar-refractivity contribution in [2.45, 2.75) is 63.5 Å². The fraction of sp³-hybridized carbons (Fsp3) is 0.344. The molecule has 2 aliphatic rings. The highest BCUT2D eigenvalue weighted by Gasteiger charge is 2.50. The number of aliphatic hydroxyl groups is 1. The predicted molar refractivity (Wildman–Crippen MR) is 159 cm³/mol. The van der Waals surface area contributed by atoms with Gasteiger partial charge in [0.2, 0.25) is 0 Å². The number of thiophene rings is 1. The van der Waals surface area contributed by atoms with Crippen LogP contribution in [0, 0.1) is 0 Å². The fourth-order valence-corrected chi connectivity index (χ4v) is 7.06. The number of halogens is 1. The van der Waals surface area contributed by atoms with Crippen LogP contribution in [0.4, 0.5) is 0 Å². The molecule has 8 heteroatoms.